The molecule has 8 aromatic carbocycles. The zero-order chi connectivity index (χ0) is 51.3. The molecule has 1 aliphatic rings. The van der Waals surface area contributed by atoms with Crippen molar-refractivity contribution in [2.24, 2.45) is 5.41 Å². The molecule has 3 heterocycles. The van der Waals surface area contributed by atoms with Crippen LogP contribution in [0.15, 0.2) is 249 Å². The van der Waals surface area contributed by atoms with Crippen molar-refractivity contribution >= 4 is 0 Å². The molecule has 12 rings (SSSR count). The number of benzene rings is 8. The fourth-order valence-electron chi connectivity index (χ4n) is 11.6. The van der Waals surface area contributed by atoms with Gasteiger partial charge in [-0.3, -0.25) is 15.0 Å². The minimum Gasteiger partial charge on any atom is -0.256 e. The Bertz CT molecular complexity index is 3870. The van der Waals surface area contributed by atoms with Gasteiger partial charge < -0.3 is 0 Å². The monoisotopic (exact) mass is 965 g/mol. The maximum absolute atomic E-state index is 5.20. The predicted octanol–water partition coefficient (Wildman–Crippen LogP) is 19.1. The zero-order valence-corrected chi connectivity index (χ0v) is 43.5. The van der Waals surface area contributed by atoms with Gasteiger partial charge in [0, 0.05) is 52.0 Å². The molecular weight excluding hydrogens is 907 g/mol. The molecule has 0 N–H and O–H groups in total. The van der Waals surface area contributed by atoms with Crippen LogP contribution in [-0.2, 0) is 10.8 Å². The van der Waals surface area contributed by atoms with E-state index in [1.807, 2.05) is 18.3 Å². The first-order valence-electron chi connectivity index (χ1n) is 26.1. The highest BCUT2D eigenvalue weighted by Gasteiger charge is 2.56. The summed E-state index contributed by atoms with van der Waals surface area (Å²) < 4.78 is 0. The van der Waals surface area contributed by atoms with Crippen LogP contribution in [0.3, 0.4) is 0 Å². The Hall–Kier alpha value is -8.79. The van der Waals surface area contributed by atoms with Crippen molar-refractivity contribution < 1.29 is 0 Å². The molecule has 0 saturated carbocycles. The Morgan fingerprint density at radius 1 is 0.227 bits per heavy atom. The average Bonchev–Trinajstić information content (AvgIpc) is 3.71. The molecule has 3 aromatic heterocycles. The lowest BCUT2D eigenvalue weighted by Gasteiger charge is -2.44. The van der Waals surface area contributed by atoms with Crippen LogP contribution in [0.4, 0.5) is 0 Å². The van der Waals surface area contributed by atoms with E-state index in [1.165, 1.54) is 11.1 Å². The van der Waals surface area contributed by atoms with E-state index in [0.29, 0.717) is 0 Å². The molecule has 0 radical (unpaired) electrons. The van der Waals surface area contributed by atoms with Crippen molar-refractivity contribution in [1.29, 1.82) is 0 Å². The van der Waals surface area contributed by atoms with E-state index in [4.69, 9.17) is 15.0 Å². The maximum Gasteiger partial charge on any atom is 0.0708 e. The van der Waals surface area contributed by atoms with Crippen LogP contribution in [-0.4, -0.2) is 15.0 Å². The number of hydrogen-bond donors (Lipinski definition) is 0. The summed E-state index contributed by atoms with van der Waals surface area (Å²) in [6.45, 7) is 14.4. The SMILES string of the molecule is CC1(C)c2ccc(-c3ccc(-c4ccccc4-c4cc(-c5ccccc5-c5ccc(-c6ccccc6)nc5)cc(-c5ccccc5-c5cnc(-c6ccccc6)cc5-c5ccccc5)c4)cn3)cc2C(C)(C)C1(C)C. The van der Waals surface area contributed by atoms with Gasteiger partial charge in [0.2, 0.25) is 0 Å². The van der Waals surface area contributed by atoms with Crippen LogP contribution >= 0.6 is 0 Å². The Morgan fingerprint density at radius 3 is 1.08 bits per heavy atom. The van der Waals surface area contributed by atoms with Crippen molar-refractivity contribution in [3.63, 3.8) is 0 Å². The first-order chi connectivity index (χ1) is 36.5. The largest absolute Gasteiger partial charge is 0.256 e. The van der Waals surface area contributed by atoms with E-state index in [0.717, 1.165) is 112 Å². The lowest BCUT2D eigenvalue weighted by molar-refractivity contribution is 0.125. The topological polar surface area (TPSA) is 38.7 Å². The molecule has 11 aromatic rings. The highest BCUT2D eigenvalue weighted by Crippen LogP contribution is 2.62. The van der Waals surface area contributed by atoms with Crippen LogP contribution in [0.1, 0.15) is 52.7 Å². The quantitative estimate of drug-likeness (QED) is 0.137. The number of hydrogen-bond acceptors (Lipinski definition) is 3. The van der Waals surface area contributed by atoms with Gasteiger partial charge in [0.1, 0.15) is 0 Å². The summed E-state index contributed by atoms with van der Waals surface area (Å²) in [5.74, 6) is 0. The Balaban J connectivity index is 1.01. The minimum absolute atomic E-state index is 0.00704. The second-order valence-electron chi connectivity index (χ2n) is 21.6. The fourth-order valence-corrected chi connectivity index (χ4v) is 11.6. The molecule has 0 amide bonds. The van der Waals surface area contributed by atoms with Gasteiger partial charge in [0.05, 0.1) is 17.1 Å². The van der Waals surface area contributed by atoms with E-state index in [2.05, 4.69) is 272 Å². The van der Waals surface area contributed by atoms with E-state index < -0.39 is 0 Å². The molecule has 362 valence electrons. The molecule has 0 unspecified atom stereocenters. The van der Waals surface area contributed by atoms with Crippen LogP contribution in [0.5, 0.6) is 0 Å². The summed E-state index contributed by atoms with van der Waals surface area (Å²) in [5.41, 5.74) is 24.7. The van der Waals surface area contributed by atoms with Gasteiger partial charge >= 0.3 is 0 Å². The lowest BCUT2D eigenvalue weighted by Crippen LogP contribution is -2.42. The second kappa shape index (κ2) is 18.9. The summed E-state index contributed by atoms with van der Waals surface area (Å²) in [4.78, 5) is 15.3. The van der Waals surface area contributed by atoms with Crippen molar-refractivity contribution in [3.8, 4) is 112 Å². The molecule has 0 spiro atoms. The first-order valence-corrected chi connectivity index (χ1v) is 26.1. The van der Waals surface area contributed by atoms with Crippen molar-refractivity contribution in [2.45, 2.75) is 52.4 Å². The molecule has 75 heavy (non-hydrogen) atoms. The molecule has 3 nitrogen and oxygen atoms in total. The van der Waals surface area contributed by atoms with Crippen molar-refractivity contribution in [2.75, 3.05) is 0 Å². The smallest absolute Gasteiger partial charge is 0.0708 e. The predicted molar refractivity (Wildman–Crippen MR) is 314 cm³/mol. The van der Waals surface area contributed by atoms with E-state index in [9.17, 15) is 0 Å². The standard InChI is InChI=1S/C72H59N3/c1-70(2)65-37-34-51(43-66(65)71(3,4)72(70,5)6)68-39-36-53(46-74-68)58-29-17-19-31-60(58)55-40-54(59-30-18-16-28-57(59)52-35-38-67(73-45-52)49-24-12-8-13-25-49)41-56(42-55)61-32-20-21-33-62(61)64-47-75-69(50-26-14-9-15-27-50)44-63(64)48-22-10-7-11-23-48/h7-47H,1-6H3. The molecule has 0 atom stereocenters. The molecular formula is C72H59N3. The van der Waals surface area contributed by atoms with Crippen molar-refractivity contribution in [3.05, 3.63) is 260 Å². The fraction of sp³-hybridized carbons (Fsp3) is 0.125. The number of pyridine rings is 3. The Kier molecular flexibility index (Phi) is 11.9. The third kappa shape index (κ3) is 8.39. The molecule has 0 fully saturated rings. The third-order valence-corrected chi connectivity index (χ3v) is 17.0. The average molecular weight is 966 g/mol. The molecule has 0 aliphatic heterocycles. The molecule has 1 aliphatic carbocycles. The highest BCUT2D eigenvalue weighted by atomic mass is 14.7. The van der Waals surface area contributed by atoms with E-state index in [1.54, 1.807) is 0 Å². The van der Waals surface area contributed by atoms with Crippen molar-refractivity contribution in [1.82, 2.24) is 15.0 Å². The van der Waals surface area contributed by atoms with Gasteiger partial charge in [-0.15, -0.1) is 0 Å². The van der Waals surface area contributed by atoms with Gasteiger partial charge in [-0.25, -0.2) is 0 Å². The van der Waals surface area contributed by atoms with E-state index in [-0.39, 0.29) is 16.2 Å². The van der Waals surface area contributed by atoms with Crippen LogP contribution in [0, 0.1) is 5.41 Å². The van der Waals surface area contributed by atoms with Crippen LogP contribution < -0.4 is 0 Å². The van der Waals surface area contributed by atoms with Crippen LogP contribution in [0.25, 0.3) is 112 Å². The maximum atomic E-state index is 5.20. The Labute approximate surface area is 442 Å². The molecule has 3 heteroatoms. The number of fused-ring (bicyclic) bond motifs is 1. The minimum atomic E-state index is 0.00704. The number of aromatic nitrogens is 3. The lowest BCUT2D eigenvalue weighted by atomic mass is 9.59. The van der Waals surface area contributed by atoms with Gasteiger partial charge in [0.25, 0.3) is 0 Å². The summed E-state index contributed by atoms with van der Waals surface area (Å²) in [7, 11) is 0. The number of rotatable bonds is 10. The summed E-state index contributed by atoms with van der Waals surface area (Å²) in [6.07, 6.45) is 6.13. The summed E-state index contributed by atoms with van der Waals surface area (Å²) >= 11 is 0. The molecule has 0 saturated heterocycles. The summed E-state index contributed by atoms with van der Waals surface area (Å²) in [5, 5.41) is 0. The van der Waals surface area contributed by atoms with E-state index >= 15 is 0 Å². The highest BCUT2D eigenvalue weighted by molar-refractivity contribution is 5.97. The zero-order valence-electron chi connectivity index (χ0n) is 43.5. The first kappa shape index (κ1) is 47.2. The normalized spacial score (nSPS) is 14.1. The second-order valence-corrected chi connectivity index (χ2v) is 21.6. The van der Waals surface area contributed by atoms with Gasteiger partial charge in [-0.1, -0.05) is 230 Å². The van der Waals surface area contributed by atoms with Gasteiger partial charge in [0.15, 0.2) is 0 Å². The van der Waals surface area contributed by atoms with Crippen LogP contribution in [0.2, 0.25) is 0 Å². The molecule has 0 bridgehead atoms. The van der Waals surface area contributed by atoms with Gasteiger partial charge in [-0.2, -0.15) is 0 Å². The summed E-state index contributed by atoms with van der Waals surface area (Å²) in [6, 6.07) is 82.9. The third-order valence-electron chi connectivity index (χ3n) is 17.0. The van der Waals surface area contributed by atoms with Gasteiger partial charge in [-0.05, 0) is 131 Å². The Morgan fingerprint density at radius 2 is 0.600 bits per heavy atom. The number of nitrogens with zero attached hydrogens (tertiary/aromatic N) is 3.